The van der Waals surface area contributed by atoms with Crippen LogP contribution in [0.4, 0.5) is 0 Å². The average Bonchev–Trinajstić information content (AvgIpc) is 3.36. The summed E-state index contributed by atoms with van der Waals surface area (Å²) in [7, 11) is 1.59. The first-order valence-corrected chi connectivity index (χ1v) is 11.6. The molecule has 1 aromatic heterocycles. The van der Waals surface area contributed by atoms with Crippen LogP contribution in [-0.4, -0.2) is 53.3 Å². The van der Waals surface area contributed by atoms with Gasteiger partial charge in [0.2, 0.25) is 0 Å². The Morgan fingerprint density at radius 2 is 1.73 bits per heavy atom. The minimum Gasteiger partial charge on any atom is -0.496 e. The number of fused-ring (bicyclic) bond motifs is 1. The number of rotatable bonds is 6. The van der Waals surface area contributed by atoms with E-state index in [4.69, 9.17) is 4.74 Å². The number of carbonyl (C=O) groups is 2. The molecule has 1 saturated heterocycles. The van der Waals surface area contributed by atoms with Gasteiger partial charge < -0.3 is 14.6 Å². The van der Waals surface area contributed by atoms with Crippen molar-refractivity contribution in [2.24, 2.45) is 5.92 Å². The molecule has 1 fully saturated rings. The van der Waals surface area contributed by atoms with Crippen LogP contribution in [0.2, 0.25) is 0 Å². The van der Waals surface area contributed by atoms with Gasteiger partial charge in [0.1, 0.15) is 11.4 Å². The third-order valence-electron chi connectivity index (χ3n) is 6.90. The Balaban J connectivity index is 1.48. The Bertz CT molecular complexity index is 1230. The number of aromatic amines is 1. The summed E-state index contributed by atoms with van der Waals surface area (Å²) in [4.78, 5) is 34.1. The molecule has 1 N–H and O–H groups in total. The fourth-order valence-corrected chi connectivity index (χ4v) is 4.96. The molecule has 6 nitrogen and oxygen atoms in total. The van der Waals surface area contributed by atoms with Gasteiger partial charge in [0, 0.05) is 42.3 Å². The molecule has 2 aliphatic heterocycles. The number of imide groups is 1. The highest BCUT2D eigenvalue weighted by Gasteiger charge is 2.42. The molecule has 0 saturated carbocycles. The number of nitrogens with zero attached hydrogens (tertiary/aromatic N) is 2. The van der Waals surface area contributed by atoms with Gasteiger partial charge in [-0.05, 0) is 42.9 Å². The average molecular weight is 444 g/mol. The van der Waals surface area contributed by atoms with E-state index >= 15 is 0 Å². The molecule has 33 heavy (non-hydrogen) atoms. The van der Waals surface area contributed by atoms with E-state index < -0.39 is 0 Å². The SMILES string of the molecule is COc1ccccc1C1=C(N2CCC(C)CC2)C(=O)N(CCc2c[nH]c3ccccc23)C1=O. The lowest BCUT2D eigenvalue weighted by Crippen LogP contribution is -2.39. The zero-order chi connectivity index (χ0) is 22.9. The molecule has 0 bridgehead atoms. The maximum atomic E-state index is 13.7. The molecule has 5 rings (SSSR count). The van der Waals surface area contributed by atoms with E-state index in [2.05, 4.69) is 22.9 Å². The van der Waals surface area contributed by atoms with Crippen molar-refractivity contribution in [1.82, 2.24) is 14.8 Å². The minimum absolute atomic E-state index is 0.199. The van der Waals surface area contributed by atoms with Gasteiger partial charge in [0.25, 0.3) is 11.8 Å². The highest BCUT2D eigenvalue weighted by molar-refractivity contribution is 6.36. The quantitative estimate of drug-likeness (QED) is 0.579. The number of amides is 2. The summed E-state index contributed by atoms with van der Waals surface area (Å²) in [6, 6.07) is 15.6. The van der Waals surface area contributed by atoms with Crippen molar-refractivity contribution in [3.05, 3.63) is 71.6 Å². The number of H-pyrrole nitrogens is 1. The number of nitrogens with one attached hydrogen (secondary N) is 1. The van der Waals surface area contributed by atoms with Crippen molar-refractivity contribution in [2.45, 2.75) is 26.2 Å². The van der Waals surface area contributed by atoms with Gasteiger partial charge >= 0.3 is 0 Å². The number of hydrogen-bond acceptors (Lipinski definition) is 4. The Labute approximate surface area is 193 Å². The summed E-state index contributed by atoms with van der Waals surface area (Å²) in [5.74, 6) is 0.796. The number of ether oxygens (including phenoxy) is 1. The predicted octanol–water partition coefficient (Wildman–Crippen LogP) is 4.23. The van der Waals surface area contributed by atoms with E-state index in [1.165, 1.54) is 4.90 Å². The van der Waals surface area contributed by atoms with E-state index in [1.807, 2.05) is 48.7 Å². The van der Waals surface area contributed by atoms with E-state index in [0.717, 1.165) is 42.4 Å². The highest BCUT2D eigenvalue weighted by Crippen LogP contribution is 2.37. The molecule has 6 heteroatoms. The van der Waals surface area contributed by atoms with Crippen molar-refractivity contribution in [3.8, 4) is 5.75 Å². The first kappa shape index (κ1) is 21.3. The lowest BCUT2D eigenvalue weighted by molar-refractivity contribution is -0.137. The second-order valence-corrected chi connectivity index (χ2v) is 8.96. The van der Waals surface area contributed by atoms with Gasteiger partial charge in [0.15, 0.2) is 0 Å². The molecule has 170 valence electrons. The predicted molar refractivity (Wildman–Crippen MR) is 129 cm³/mol. The maximum absolute atomic E-state index is 13.7. The van der Waals surface area contributed by atoms with Crippen LogP contribution in [0.1, 0.15) is 30.9 Å². The fourth-order valence-electron chi connectivity index (χ4n) is 4.96. The second-order valence-electron chi connectivity index (χ2n) is 8.96. The van der Waals surface area contributed by atoms with E-state index in [1.54, 1.807) is 7.11 Å². The molecule has 3 heterocycles. The molecule has 0 aliphatic carbocycles. The number of benzene rings is 2. The van der Waals surface area contributed by atoms with Crippen molar-refractivity contribution in [3.63, 3.8) is 0 Å². The Morgan fingerprint density at radius 3 is 2.52 bits per heavy atom. The minimum atomic E-state index is -0.238. The molecule has 3 aromatic rings. The zero-order valence-electron chi connectivity index (χ0n) is 19.1. The Hall–Kier alpha value is -3.54. The van der Waals surface area contributed by atoms with Gasteiger partial charge in [-0.1, -0.05) is 43.3 Å². The summed E-state index contributed by atoms with van der Waals surface area (Å²) in [5, 5.41) is 1.12. The summed E-state index contributed by atoms with van der Waals surface area (Å²) in [5.41, 5.74) is 3.83. The second kappa shape index (κ2) is 8.77. The molecular weight excluding hydrogens is 414 g/mol. The number of likely N-dealkylation sites (tertiary alicyclic amines) is 1. The molecule has 0 spiro atoms. The lowest BCUT2D eigenvalue weighted by atomic mass is 9.97. The molecule has 2 aliphatic rings. The van der Waals surface area contributed by atoms with E-state index in [0.29, 0.717) is 41.5 Å². The third-order valence-corrected chi connectivity index (χ3v) is 6.90. The number of hydrogen-bond donors (Lipinski definition) is 1. The molecule has 2 amide bonds. The summed E-state index contributed by atoms with van der Waals surface area (Å²) in [6.07, 6.45) is 4.60. The fraction of sp³-hybridized carbons (Fsp3) is 0.333. The molecular formula is C27H29N3O3. The standard InChI is InChI=1S/C27H29N3O3/c1-18-11-14-29(15-12-18)25-24(21-8-4-6-10-23(21)33-2)26(31)30(27(25)32)16-13-19-17-28-22-9-5-3-7-20(19)22/h3-10,17-18,28H,11-16H2,1-2H3. The molecule has 0 atom stereocenters. The van der Waals surface area contributed by atoms with Crippen LogP contribution in [0.5, 0.6) is 5.75 Å². The van der Waals surface area contributed by atoms with Gasteiger partial charge in [0.05, 0.1) is 12.7 Å². The summed E-state index contributed by atoms with van der Waals surface area (Å²) < 4.78 is 5.56. The van der Waals surface area contributed by atoms with Gasteiger partial charge in [-0.2, -0.15) is 0 Å². The van der Waals surface area contributed by atoms with Crippen LogP contribution in [0.15, 0.2) is 60.4 Å². The number of carbonyl (C=O) groups excluding carboxylic acids is 2. The Morgan fingerprint density at radius 1 is 1.00 bits per heavy atom. The van der Waals surface area contributed by atoms with Crippen molar-refractivity contribution < 1.29 is 14.3 Å². The monoisotopic (exact) mass is 443 g/mol. The van der Waals surface area contributed by atoms with E-state index in [-0.39, 0.29) is 11.8 Å². The van der Waals surface area contributed by atoms with Crippen LogP contribution in [-0.2, 0) is 16.0 Å². The highest BCUT2D eigenvalue weighted by atomic mass is 16.5. The number of methoxy groups -OCH3 is 1. The van der Waals surface area contributed by atoms with E-state index in [9.17, 15) is 9.59 Å². The zero-order valence-corrected chi connectivity index (χ0v) is 19.1. The van der Waals surface area contributed by atoms with Crippen LogP contribution < -0.4 is 4.74 Å². The first-order chi connectivity index (χ1) is 16.1. The molecule has 2 aromatic carbocycles. The van der Waals surface area contributed by atoms with Gasteiger partial charge in [-0.3, -0.25) is 14.5 Å². The largest absolute Gasteiger partial charge is 0.496 e. The first-order valence-electron chi connectivity index (χ1n) is 11.6. The van der Waals surface area contributed by atoms with Crippen LogP contribution in [0.25, 0.3) is 16.5 Å². The van der Waals surface area contributed by atoms with Gasteiger partial charge in [-0.25, -0.2) is 0 Å². The van der Waals surface area contributed by atoms with Crippen LogP contribution >= 0.6 is 0 Å². The summed E-state index contributed by atoms with van der Waals surface area (Å²) in [6.45, 7) is 4.14. The van der Waals surface area contributed by atoms with Crippen molar-refractivity contribution in [1.29, 1.82) is 0 Å². The van der Waals surface area contributed by atoms with Crippen molar-refractivity contribution >= 4 is 28.3 Å². The third kappa shape index (κ3) is 3.80. The lowest BCUT2D eigenvalue weighted by Gasteiger charge is -2.32. The smallest absolute Gasteiger partial charge is 0.277 e. The number of para-hydroxylation sites is 2. The number of piperidine rings is 1. The van der Waals surface area contributed by atoms with Gasteiger partial charge in [-0.15, -0.1) is 0 Å². The molecule has 0 unspecified atom stereocenters. The maximum Gasteiger partial charge on any atom is 0.277 e. The normalized spacial score (nSPS) is 17.5. The van der Waals surface area contributed by atoms with Crippen LogP contribution in [0, 0.1) is 5.92 Å². The number of aromatic nitrogens is 1. The van der Waals surface area contributed by atoms with Crippen molar-refractivity contribution in [2.75, 3.05) is 26.7 Å². The molecule has 0 radical (unpaired) electrons. The topological polar surface area (TPSA) is 65.6 Å². The van der Waals surface area contributed by atoms with Crippen LogP contribution in [0.3, 0.4) is 0 Å². The Kier molecular flexibility index (Phi) is 5.67. The summed E-state index contributed by atoms with van der Waals surface area (Å²) >= 11 is 0.